The SMILES string of the molecule is O=C(Nc1ccccc1C(=O)NCC(F)(F)F)c1ccccc1Cl. The van der Waals surface area contributed by atoms with Crippen LogP contribution in [0.3, 0.4) is 0 Å². The van der Waals surface area contributed by atoms with Crippen LogP contribution in [0.5, 0.6) is 0 Å². The van der Waals surface area contributed by atoms with Crippen molar-refractivity contribution in [3.63, 3.8) is 0 Å². The van der Waals surface area contributed by atoms with Crippen molar-refractivity contribution in [1.29, 1.82) is 0 Å². The highest BCUT2D eigenvalue weighted by atomic mass is 35.5. The van der Waals surface area contributed by atoms with Crippen LogP contribution in [0.25, 0.3) is 0 Å². The van der Waals surface area contributed by atoms with E-state index in [4.69, 9.17) is 11.6 Å². The second-order valence-corrected chi connectivity index (χ2v) is 5.18. The van der Waals surface area contributed by atoms with Crippen LogP contribution in [0.1, 0.15) is 20.7 Å². The largest absolute Gasteiger partial charge is 0.405 e. The Bertz CT molecular complexity index is 763. The van der Waals surface area contributed by atoms with Crippen LogP contribution in [-0.4, -0.2) is 24.5 Å². The topological polar surface area (TPSA) is 58.2 Å². The van der Waals surface area contributed by atoms with E-state index in [0.29, 0.717) is 0 Å². The molecule has 2 aromatic carbocycles. The van der Waals surface area contributed by atoms with Gasteiger partial charge in [0.2, 0.25) is 0 Å². The summed E-state index contributed by atoms with van der Waals surface area (Å²) in [5.74, 6) is -1.51. The highest BCUT2D eigenvalue weighted by Gasteiger charge is 2.28. The second kappa shape index (κ2) is 7.35. The Morgan fingerprint density at radius 3 is 2.12 bits per heavy atom. The van der Waals surface area contributed by atoms with Crippen LogP contribution < -0.4 is 10.6 Å². The molecule has 2 rings (SSSR count). The molecule has 0 aliphatic rings. The average molecular weight is 357 g/mol. The van der Waals surface area contributed by atoms with Crippen LogP contribution in [0.2, 0.25) is 5.02 Å². The molecule has 0 radical (unpaired) electrons. The van der Waals surface area contributed by atoms with E-state index < -0.39 is 24.5 Å². The van der Waals surface area contributed by atoms with E-state index in [1.54, 1.807) is 23.5 Å². The van der Waals surface area contributed by atoms with Crippen molar-refractivity contribution in [2.75, 3.05) is 11.9 Å². The summed E-state index contributed by atoms with van der Waals surface area (Å²) >= 11 is 5.92. The molecule has 2 aromatic rings. The Morgan fingerprint density at radius 1 is 0.917 bits per heavy atom. The van der Waals surface area contributed by atoms with Gasteiger partial charge in [-0.25, -0.2) is 0 Å². The lowest BCUT2D eigenvalue weighted by molar-refractivity contribution is -0.123. The van der Waals surface area contributed by atoms with Crippen molar-refractivity contribution in [3.05, 3.63) is 64.7 Å². The Balaban J connectivity index is 2.18. The minimum atomic E-state index is -4.52. The number of anilines is 1. The molecule has 0 heterocycles. The maximum absolute atomic E-state index is 12.2. The first-order valence-corrected chi connectivity index (χ1v) is 7.15. The molecule has 0 aromatic heterocycles. The lowest BCUT2D eigenvalue weighted by atomic mass is 10.1. The summed E-state index contributed by atoms with van der Waals surface area (Å²) in [5.41, 5.74) is 0.189. The van der Waals surface area contributed by atoms with Crippen molar-refractivity contribution in [2.24, 2.45) is 0 Å². The molecule has 126 valence electrons. The van der Waals surface area contributed by atoms with Crippen LogP contribution in [0.15, 0.2) is 48.5 Å². The fraction of sp³-hybridized carbons (Fsp3) is 0.125. The molecule has 0 bridgehead atoms. The van der Waals surface area contributed by atoms with E-state index in [0.717, 1.165) is 0 Å². The van der Waals surface area contributed by atoms with Gasteiger partial charge < -0.3 is 10.6 Å². The van der Waals surface area contributed by atoms with Gasteiger partial charge >= 0.3 is 6.18 Å². The van der Waals surface area contributed by atoms with E-state index in [9.17, 15) is 22.8 Å². The minimum Gasteiger partial charge on any atom is -0.343 e. The van der Waals surface area contributed by atoms with Gasteiger partial charge in [0.15, 0.2) is 0 Å². The Kier molecular flexibility index (Phi) is 5.46. The molecule has 0 saturated heterocycles. The average Bonchev–Trinajstić information content (AvgIpc) is 2.53. The van der Waals surface area contributed by atoms with Crippen molar-refractivity contribution >= 4 is 29.1 Å². The predicted octanol–water partition coefficient (Wildman–Crippen LogP) is 3.88. The summed E-state index contributed by atoms with van der Waals surface area (Å²) in [6.07, 6.45) is -4.52. The van der Waals surface area contributed by atoms with E-state index in [1.165, 1.54) is 30.3 Å². The highest BCUT2D eigenvalue weighted by Crippen LogP contribution is 2.20. The molecule has 0 fully saturated rings. The Morgan fingerprint density at radius 2 is 1.50 bits per heavy atom. The molecule has 0 saturated carbocycles. The number of halogens is 4. The van der Waals surface area contributed by atoms with Crippen LogP contribution in [-0.2, 0) is 0 Å². The molecule has 0 spiro atoms. The quantitative estimate of drug-likeness (QED) is 0.873. The normalized spacial score (nSPS) is 11.0. The lowest BCUT2D eigenvalue weighted by Gasteiger charge is -2.13. The molecule has 0 unspecified atom stereocenters. The zero-order chi connectivity index (χ0) is 17.7. The smallest absolute Gasteiger partial charge is 0.343 e. The van der Waals surface area contributed by atoms with E-state index in [1.807, 2.05) is 0 Å². The van der Waals surface area contributed by atoms with E-state index in [2.05, 4.69) is 5.32 Å². The zero-order valence-electron chi connectivity index (χ0n) is 12.2. The number of carbonyl (C=O) groups excluding carboxylic acids is 2. The number of hydrogen-bond acceptors (Lipinski definition) is 2. The number of nitrogens with one attached hydrogen (secondary N) is 2. The van der Waals surface area contributed by atoms with Crippen LogP contribution >= 0.6 is 11.6 Å². The summed E-state index contributed by atoms with van der Waals surface area (Å²) in [6, 6.07) is 12.0. The monoisotopic (exact) mass is 356 g/mol. The molecule has 4 nitrogen and oxygen atoms in total. The van der Waals surface area contributed by atoms with E-state index >= 15 is 0 Å². The number of hydrogen-bond donors (Lipinski definition) is 2. The molecular weight excluding hydrogens is 345 g/mol. The first-order chi connectivity index (χ1) is 11.3. The van der Waals surface area contributed by atoms with E-state index in [-0.39, 0.29) is 21.8 Å². The highest BCUT2D eigenvalue weighted by molar-refractivity contribution is 6.34. The van der Waals surface area contributed by atoms with Crippen molar-refractivity contribution < 1.29 is 22.8 Å². The molecule has 2 amide bonds. The Labute approximate surface area is 140 Å². The summed E-state index contributed by atoms with van der Waals surface area (Å²) in [5, 5.41) is 4.46. The first kappa shape index (κ1) is 17.8. The summed E-state index contributed by atoms with van der Waals surface area (Å²) in [6.45, 7) is -1.46. The second-order valence-electron chi connectivity index (χ2n) is 4.78. The maximum Gasteiger partial charge on any atom is 0.405 e. The lowest BCUT2D eigenvalue weighted by Crippen LogP contribution is -2.34. The third-order valence-corrected chi connectivity index (χ3v) is 3.32. The standard InChI is InChI=1S/C16H12ClF3N2O2/c17-12-7-3-1-5-10(12)15(24)22-13-8-4-2-6-11(13)14(23)21-9-16(18,19)20/h1-8H,9H2,(H,21,23)(H,22,24). The summed E-state index contributed by atoms with van der Waals surface area (Å²) in [7, 11) is 0. The third kappa shape index (κ3) is 4.73. The fourth-order valence-corrected chi connectivity index (χ4v) is 2.12. The fourth-order valence-electron chi connectivity index (χ4n) is 1.90. The van der Waals surface area contributed by atoms with Gasteiger partial charge in [0, 0.05) is 0 Å². The van der Waals surface area contributed by atoms with Gasteiger partial charge in [-0.2, -0.15) is 13.2 Å². The summed E-state index contributed by atoms with van der Waals surface area (Å²) < 4.78 is 36.6. The number of rotatable bonds is 4. The van der Waals surface area contributed by atoms with Gasteiger partial charge in [-0.05, 0) is 24.3 Å². The molecule has 0 aliphatic carbocycles. The van der Waals surface area contributed by atoms with Gasteiger partial charge in [-0.1, -0.05) is 35.9 Å². The van der Waals surface area contributed by atoms with Gasteiger partial charge in [0.25, 0.3) is 11.8 Å². The number of amides is 2. The van der Waals surface area contributed by atoms with Crippen molar-refractivity contribution in [3.8, 4) is 0 Å². The van der Waals surface area contributed by atoms with Crippen molar-refractivity contribution in [2.45, 2.75) is 6.18 Å². The predicted molar refractivity (Wildman–Crippen MR) is 84.2 cm³/mol. The third-order valence-electron chi connectivity index (χ3n) is 2.99. The van der Waals surface area contributed by atoms with Gasteiger partial charge in [-0.3, -0.25) is 9.59 Å². The molecular formula is C16H12ClF3N2O2. The molecule has 0 aliphatic heterocycles. The molecule has 0 atom stereocenters. The van der Waals surface area contributed by atoms with Crippen molar-refractivity contribution in [1.82, 2.24) is 5.32 Å². The molecule has 8 heteroatoms. The van der Waals surface area contributed by atoms with Crippen LogP contribution in [0, 0.1) is 0 Å². The van der Waals surface area contributed by atoms with Gasteiger partial charge in [0.05, 0.1) is 21.8 Å². The molecule has 2 N–H and O–H groups in total. The van der Waals surface area contributed by atoms with Gasteiger partial charge in [-0.15, -0.1) is 0 Å². The zero-order valence-corrected chi connectivity index (χ0v) is 12.9. The Hall–Kier alpha value is -2.54. The van der Waals surface area contributed by atoms with Gasteiger partial charge in [0.1, 0.15) is 6.54 Å². The maximum atomic E-state index is 12.2. The number of benzene rings is 2. The first-order valence-electron chi connectivity index (χ1n) is 6.78. The van der Waals surface area contributed by atoms with Crippen LogP contribution in [0.4, 0.5) is 18.9 Å². The molecule has 24 heavy (non-hydrogen) atoms. The summed E-state index contributed by atoms with van der Waals surface area (Å²) in [4.78, 5) is 24.1. The number of alkyl halides is 3. The number of carbonyl (C=O) groups is 2. The minimum absolute atomic E-state index is 0.0813. The number of para-hydroxylation sites is 1.